The maximum atomic E-state index is 4.40. The van der Waals surface area contributed by atoms with Crippen LogP contribution in [0.2, 0.25) is 0 Å². The molecule has 1 nitrogen and oxygen atoms in total. The molecular formula is C16H16INS. The van der Waals surface area contributed by atoms with E-state index >= 15 is 0 Å². The second-order valence-corrected chi connectivity index (χ2v) is 4.56. The summed E-state index contributed by atoms with van der Waals surface area (Å²) < 4.78 is 0. The van der Waals surface area contributed by atoms with E-state index in [4.69, 9.17) is 0 Å². The van der Waals surface area contributed by atoms with Crippen molar-refractivity contribution in [3.8, 4) is 0 Å². The summed E-state index contributed by atoms with van der Waals surface area (Å²) in [6.07, 6.45) is 5.98. The first-order valence-corrected chi connectivity index (χ1v) is 7.01. The van der Waals surface area contributed by atoms with Crippen molar-refractivity contribution < 1.29 is 0 Å². The summed E-state index contributed by atoms with van der Waals surface area (Å²) in [6.45, 7) is 0. The number of aliphatic imine (C=N–C) groups is 1. The van der Waals surface area contributed by atoms with Crippen LogP contribution in [-0.2, 0) is 0 Å². The highest BCUT2D eigenvalue weighted by molar-refractivity contribution is 14.0. The number of allylic oxidation sites excluding steroid dienone is 1. The number of nitrogens with zero attached hydrogens (tertiary/aromatic N) is 1. The van der Waals surface area contributed by atoms with Gasteiger partial charge in [0, 0.05) is 11.1 Å². The normalized spacial score (nSPS) is 11.3. The highest BCUT2D eigenvalue weighted by atomic mass is 127. The average molecular weight is 381 g/mol. The van der Waals surface area contributed by atoms with Gasteiger partial charge in [0.1, 0.15) is 0 Å². The Kier molecular flexibility index (Phi) is 7.52. The van der Waals surface area contributed by atoms with Crippen LogP contribution in [0.4, 0.5) is 5.69 Å². The maximum Gasteiger partial charge on any atom is 0.0629 e. The van der Waals surface area contributed by atoms with Gasteiger partial charge in [-0.05, 0) is 30.0 Å². The molecule has 0 N–H and O–H groups in total. The number of thioether (sulfide) groups is 1. The first-order chi connectivity index (χ1) is 8.90. The van der Waals surface area contributed by atoms with E-state index in [0.717, 1.165) is 5.69 Å². The molecule has 19 heavy (non-hydrogen) atoms. The van der Waals surface area contributed by atoms with Crippen LogP contribution in [0.25, 0.3) is 4.91 Å². The lowest BCUT2D eigenvalue weighted by Gasteiger charge is -2.01. The van der Waals surface area contributed by atoms with E-state index in [1.165, 1.54) is 10.5 Å². The van der Waals surface area contributed by atoms with Crippen molar-refractivity contribution in [3.05, 3.63) is 72.3 Å². The Bertz CT molecular complexity index is 535. The van der Waals surface area contributed by atoms with Gasteiger partial charge in [0.05, 0.1) is 5.69 Å². The van der Waals surface area contributed by atoms with Crippen LogP contribution in [0.15, 0.2) is 71.7 Å². The summed E-state index contributed by atoms with van der Waals surface area (Å²) in [5, 5.41) is 0. The van der Waals surface area contributed by atoms with Crippen molar-refractivity contribution in [3.63, 3.8) is 0 Å². The third-order valence-electron chi connectivity index (χ3n) is 2.48. The molecule has 0 radical (unpaired) electrons. The number of halogens is 1. The SMILES string of the molecule is CSC(=CC=Nc1ccccc1)c1ccccc1.I. The topological polar surface area (TPSA) is 12.4 Å². The van der Waals surface area contributed by atoms with Crippen molar-refractivity contribution in [2.75, 3.05) is 6.26 Å². The fraction of sp³-hybridized carbons (Fsp3) is 0.0625. The molecule has 2 aromatic carbocycles. The standard InChI is InChI=1S/C16H15NS.HI/c1-18-16(14-8-4-2-5-9-14)12-13-17-15-10-6-3-7-11-15;/h2-13H,1H3;1H. The van der Waals surface area contributed by atoms with E-state index in [0.29, 0.717) is 0 Å². The van der Waals surface area contributed by atoms with Crippen molar-refractivity contribution in [1.82, 2.24) is 0 Å². The zero-order chi connectivity index (χ0) is 12.6. The lowest BCUT2D eigenvalue weighted by molar-refractivity contribution is 1.54. The molecule has 0 fully saturated rings. The fourth-order valence-electron chi connectivity index (χ4n) is 1.59. The maximum absolute atomic E-state index is 4.40. The smallest absolute Gasteiger partial charge is 0.0629 e. The quantitative estimate of drug-likeness (QED) is 0.510. The first-order valence-electron chi connectivity index (χ1n) is 5.79. The minimum absolute atomic E-state index is 0. The number of hydrogen-bond donors (Lipinski definition) is 0. The van der Waals surface area contributed by atoms with Crippen LogP contribution in [0.1, 0.15) is 5.56 Å². The van der Waals surface area contributed by atoms with Gasteiger partial charge in [-0.1, -0.05) is 48.5 Å². The Morgan fingerprint density at radius 3 is 2.11 bits per heavy atom. The van der Waals surface area contributed by atoms with Gasteiger partial charge in [-0.2, -0.15) is 0 Å². The highest BCUT2D eigenvalue weighted by Crippen LogP contribution is 2.24. The van der Waals surface area contributed by atoms with Crippen molar-refractivity contribution in [2.45, 2.75) is 0 Å². The molecule has 98 valence electrons. The molecule has 0 saturated heterocycles. The van der Waals surface area contributed by atoms with E-state index in [2.05, 4.69) is 23.4 Å². The average Bonchev–Trinajstić information content (AvgIpc) is 2.46. The van der Waals surface area contributed by atoms with E-state index < -0.39 is 0 Å². The van der Waals surface area contributed by atoms with Crippen LogP contribution < -0.4 is 0 Å². The van der Waals surface area contributed by atoms with Crippen LogP contribution in [0.3, 0.4) is 0 Å². The monoisotopic (exact) mass is 381 g/mol. The third kappa shape index (κ3) is 5.20. The second kappa shape index (κ2) is 8.93. The summed E-state index contributed by atoms with van der Waals surface area (Å²) in [4.78, 5) is 5.62. The molecule has 0 bridgehead atoms. The minimum atomic E-state index is 0. The number of rotatable bonds is 4. The zero-order valence-corrected chi connectivity index (χ0v) is 13.8. The van der Waals surface area contributed by atoms with Gasteiger partial charge in [0.15, 0.2) is 0 Å². The molecule has 0 saturated carbocycles. The summed E-state index contributed by atoms with van der Waals surface area (Å²) in [6, 6.07) is 20.3. The van der Waals surface area contributed by atoms with Gasteiger partial charge < -0.3 is 0 Å². The Hall–Kier alpha value is -1.07. The van der Waals surface area contributed by atoms with E-state index in [1.807, 2.05) is 60.8 Å². The van der Waals surface area contributed by atoms with Gasteiger partial charge in [-0.25, -0.2) is 0 Å². The summed E-state index contributed by atoms with van der Waals surface area (Å²) in [7, 11) is 0. The van der Waals surface area contributed by atoms with Gasteiger partial charge in [0.25, 0.3) is 0 Å². The van der Waals surface area contributed by atoms with Crippen LogP contribution in [0, 0.1) is 0 Å². The van der Waals surface area contributed by atoms with E-state index in [-0.39, 0.29) is 24.0 Å². The molecule has 0 atom stereocenters. The van der Waals surface area contributed by atoms with Crippen molar-refractivity contribution in [1.29, 1.82) is 0 Å². The van der Waals surface area contributed by atoms with Gasteiger partial charge >= 0.3 is 0 Å². The molecule has 0 aromatic heterocycles. The summed E-state index contributed by atoms with van der Waals surface area (Å²) in [5.74, 6) is 0. The van der Waals surface area contributed by atoms with E-state index in [1.54, 1.807) is 11.8 Å². The van der Waals surface area contributed by atoms with Gasteiger partial charge in [-0.15, -0.1) is 35.7 Å². The summed E-state index contributed by atoms with van der Waals surface area (Å²) >= 11 is 1.73. The van der Waals surface area contributed by atoms with Crippen molar-refractivity contribution >= 4 is 52.5 Å². The lowest BCUT2D eigenvalue weighted by atomic mass is 10.2. The van der Waals surface area contributed by atoms with Crippen molar-refractivity contribution in [2.24, 2.45) is 4.99 Å². The van der Waals surface area contributed by atoms with Gasteiger partial charge in [0.2, 0.25) is 0 Å². The molecule has 0 heterocycles. The first kappa shape index (κ1) is 16.0. The molecule has 3 heteroatoms. The highest BCUT2D eigenvalue weighted by Gasteiger charge is 1.96. The molecule has 0 amide bonds. The number of para-hydroxylation sites is 1. The van der Waals surface area contributed by atoms with Crippen LogP contribution >= 0.6 is 35.7 Å². The summed E-state index contributed by atoms with van der Waals surface area (Å²) in [5.41, 5.74) is 2.20. The fourth-order valence-corrected chi connectivity index (χ4v) is 2.16. The Balaban J connectivity index is 0.00000180. The third-order valence-corrected chi connectivity index (χ3v) is 3.30. The Morgan fingerprint density at radius 1 is 0.947 bits per heavy atom. The second-order valence-electron chi connectivity index (χ2n) is 3.71. The zero-order valence-electron chi connectivity index (χ0n) is 10.7. The molecule has 0 spiro atoms. The van der Waals surface area contributed by atoms with Gasteiger partial charge in [-0.3, -0.25) is 4.99 Å². The Labute approximate surface area is 135 Å². The molecule has 2 aromatic rings. The van der Waals surface area contributed by atoms with Crippen LogP contribution in [-0.4, -0.2) is 12.5 Å². The molecule has 0 aliphatic heterocycles. The molecule has 0 aliphatic carbocycles. The largest absolute Gasteiger partial charge is 0.257 e. The molecule has 2 rings (SSSR count). The minimum Gasteiger partial charge on any atom is -0.257 e. The molecule has 0 unspecified atom stereocenters. The lowest BCUT2D eigenvalue weighted by Crippen LogP contribution is -1.79. The predicted octanol–water partition coefficient (Wildman–Crippen LogP) is 5.41. The Morgan fingerprint density at radius 2 is 1.53 bits per heavy atom. The number of benzene rings is 2. The van der Waals surface area contributed by atoms with Crippen LogP contribution in [0.5, 0.6) is 0 Å². The molecule has 0 aliphatic rings. The molecular weight excluding hydrogens is 365 g/mol. The number of hydrogen-bond acceptors (Lipinski definition) is 2. The van der Waals surface area contributed by atoms with E-state index in [9.17, 15) is 0 Å². The predicted molar refractivity (Wildman–Crippen MR) is 97.9 cm³/mol.